The lowest BCUT2D eigenvalue weighted by Gasteiger charge is -2.37. The summed E-state index contributed by atoms with van der Waals surface area (Å²) in [7, 11) is 0. The average molecular weight is 301 g/mol. The van der Waals surface area contributed by atoms with Crippen LogP contribution in [0.15, 0.2) is 18.2 Å². The molecule has 1 atom stereocenters. The van der Waals surface area contributed by atoms with E-state index in [-0.39, 0.29) is 5.82 Å². The molecule has 0 aromatic heterocycles. The van der Waals surface area contributed by atoms with E-state index >= 15 is 0 Å². The van der Waals surface area contributed by atoms with Crippen LogP contribution in [0.5, 0.6) is 0 Å². The first-order valence-corrected chi connectivity index (χ1v) is 7.74. The standard InChI is InChI=1S/C16H22ClFO2/c1-2-20-16(9-5-3-4-6-10-16)15(19)13-11-12(18)7-8-14(13)17/h7-8,11,15,19H,2-6,9-10H2,1H3. The van der Waals surface area contributed by atoms with Crippen LogP contribution in [-0.4, -0.2) is 17.3 Å². The zero-order valence-corrected chi connectivity index (χ0v) is 12.6. The molecule has 1 aliphatic rings. The van der Waals surface area contributed by atoms with Gasteiger partial charge in [-0.15, -0.1) is 0 Å². The summed E-state index contributed by atoms with van der Waals surface area (Å²) in [4.78, 5) is 0. The van der Waals surface area contributed by atoms with Gasteiger partial charge in [-0.05, 0) is 38.0 Å². The van der Waals surface area contributed by atoms with Crippen molar-refractivity contribution in [2.45, 2.75) is 57.2 Å². The molecule has 1 aliphatic carbocycles. The summed E-state index contributed by atoms with van der Waals surface area (Å²) < 4.78 is 19.4. The minimum Gasteiger partial charge on any atom is -0.385 e. The zero-order valence-electron chi connectivity index (χ0n) is 11.9. The fraction of sp³-hybridized carbons (Fsp3) is 0.625. The molecule has 20 heavy (non-hydrogen) atoms. The molecule has 1 aromatic carbocycles. The number of hydrogen-bond acceptors (Lipinski definition) is 2. The fourth-order valence-corrected chi connectivity index (χ4v) is 3.34. The van der Waals surface area contributed by atoms with Gasteiger partial charge in [0.15, 0.2) is 0 Å². The highest BCUT2D eigenvalue weighted by Crippen LogP contribution is 2.42. The number of aliphatic hydroxyl groups excluding tert-OH is 1. The molecule has 0 radical (unpaired) electrons. The Balaban J connectivity index is 2.34. The largest absolute Gasteiger partial charge is 0.385 e. The van der Waals surface area contributed by atoms with Crippen LogP contribution in [0.3, 0.4) is 0 Å². The molecule has 1 saturated carbocycles. The molecule has 0 amide bonds. The first-order chi connectivity index (χ1) is 9.59. The molecule has 4 heteroatoms. The summed E-state index contributed by atoms with van der Waals surface area (Å²) in [5, 5.41) is 11.2. The highest BCUT2D eigenvalue weighted by Gasteiger charge is 2.40. The molecule has 2 nitrogen and oxygen atoms in total. The van der Waals surface area contributed by atoms with Crippen molar-refractivity contribution in [3.63, 3.8) is 0 Å². The average Bonchev–Trinajstić information content (AvgIpc) is 2.68. The van der Waals surface area contributed by atoms with E-state index < -0.39 is 11.7 Å². The fourth-order valence-electron chi connectivity index (χ4n) is 3.12. The van der Waals surface area contributed by atoms with Gasteiger partial charge in [0, 0.05) is 17.2 Å². The normalized spacial score (nSPS) is 20.4. The van der Waals surface area contributed by atoms with Gasteiger partial charge in [0.2, 0.25) is 0 Å². The van der Waals surface area contributed by atoms with Gasteiger partial charge < -0.3 is 9.84 Å². The Labute approximate surface area is 124 Å². The van der Waals surface area contributed by atoms with Crippen molar-refractivity contribution in [1.29, 1.82) is 0 Å². The second kappa shape index (κ2) is 6.88. The third kappa shape index (κ3) is 3.33. The molecule has 1 fully saturated rings. The maximum absolute atomic E-state index is 13.5. The van der Waals surface area contributed by atoms with Crippen LogP contribution < -0.4 is 0 Å². The van der Waals surface area contributed by atoms with E-state index in [1.54, 1.807) is 0 Å². The molecule has 2 rings (SSSR count). The Morgan fingerprint density at radius 2 is 1.95 bits per heavy atom. The quantitative estimate of drug-likeness (QED) is 0.821. The van der Waals surface area contributed by atoms with Crippen molar-refractivity contribution < 1.29 is 14.2 Å². The van der Waals surface area contributed by atoms with Crippen LogP contribution in [0, 0.1) is 5.82 Å². The number of aliphatic hydroxyl groups is 1. The maximum atomic E-state index is 13.5. The summed E-state index contributed by atoms with van der Waals surface area (Å²) in [6, 6.07) is 4.11. The minimum atomic E-state index is -0.885. The van der Waals surface area contributed by atoms with Gasteiger partial charge in [0.05, 0.1) is 5.60 Å². The minimum absolute atomic E-state index is 0.385. The van der Waals surface area contributed by atoms with Gasteiger partial charge in [-0.3, -0.25) is 0 Å². The van der Waals surface area contributed by atoms with Crippen LogP contribution in [0.2, 0.25) is 5.02 Å². The van der Waals surface area contributed by atoms with Gasteiger partial charge in [0.1, 0.15) is 11.9 Å². The SMILES string of the molecule is CCOC1(C(O)c2cc(F)ccc2Cl)CCCCCC1. The second-order valence-electron chi connectivity index (χ2n) is 5.48. The summed E-state index contributed by atoms with van der Waals surface area (Å²) in [6.07, 6.45) is 5.03. The maximum Gasteiger partial charge on any atom is 0.123 e. The second-order valence-corrected chi connectivity index (χ2v) is 5.89. The molecular weight excluding hydrogens is 279 g/mol. The van der Waals surface area contributed by atoms with Crippen molar-refractivity contribution in [2.75, 3.05) is 6.61 Å². The summed E-state index contributed by atoms with van der Waals surface area (Å²) in [6.45, 7) is 2.45. The number of benzene rings is 1. The van der Waals surface area contributed by atoms with Crippen LogP contribution in [-0.2, 0) is 4.74 Å². The lowest BCUT2D eigenvalue weighted by molar-refractivity contribution is -0.131. The van der Waals surface area contributed by atoms with E-state index in [2.05, 4.69) is 0 Å². The predicted octanol–water partition coefficient (Wildman–Crippen LogP) is 4.64. The molecule has 0 bridgehead atoms. The molecule has 0 heterocycles. The molecule has 0 spiro atoms. The van der Waals surface area contributed by atoms with Crippen molar-refractivity contribution in [2.24, 2.45) is 0 Å². The van der Waals surface area contributed by atoms with E-state index in [1.165, 1.54) is 18.2 Å². The van der Waals surface area contributed by atoms with Crippen LogP contribution in [0.1, 0.15) is 57.1 Å². The van der Waals surface area contributed by atoms with Crippen LogP contribution in [0.25, 0.3) is 0 Å². The Morgan fingerprint density at radius 1 is 1.30 bits per heavy atom. The number of hydrogen-bond donors (Lipinski definition) is 1. The molecule has 0 saturated heterocycles. The van der Waals surface area contributed by atoms with E-state index in [1.807, 2.05) is 6.92 Å². The summed E-state index contributed by atoms with van der Waals surface area (Å²) in [5.74, 6) is -0.385. The smallest absolute Gasteiger partial charge is 0.123 e. The number of halogens is 2. The highest BCUT2D eigenvalue weighted by atomic mass is 35.5. The molecule has 0 aliphatic heterocycles. The van der Waals surface area contributed by atoms with E-state index in [9.17, 15) is 9.50 Å². The Morgan fingerprint density at radius 3 is 2.55 bits per heavy atom. The monoisotopic (exact) mass is 300 g/mol. The Hall–Kier alpha value is -0.640. The Kier molecular flexibility index (Phi) is 5.42. The zero-order chi connectivity index (χ0) is 14.6. The van der Waals surface area contributed by atoms with Gasteiger partial charge in [-0.2, -0.15) is 0 Å². The van der Waals surface area contributed by atoms with Gasteiger partial charge in [-0.25, -0.2) is 4.39 Å². The first-order valence-electron chi connectivity index (χ1n) is 7.36. The van der Waals surface area contributed by atoms with Crippen molar-refractivity contribution in [3.05, 3.63) is 34.6 Å². The van der Waals surface area contributed by atoms with Crippen molar-refractivity contribution in [1.82, 2.24) is 0 Å². The molecule has 112 valence electrons. The lowest BCUT2D eigenvalue weighted by Crippen LogP contribution is -2.39. The first kappa shape index (κ1) is 15.7. The third-order valence-corrected chi connectivity index (χ3v) is 4.48. The van der Waals surface area contributed by atoms with E-state index in [0.29, 0.717) is 17.2 Å². The molecule has 1 aromatic rings. The van der Waals surface area contributed by atoms with Gasteiger partial charge >= 0.3 is 0 Å². The van der Waals surface area contributed by atoms with Crippen LogP contribution >= 0.6 is 11.6 Å². The van der Waals surface area contributed by atoms with E-state index in [0.717, 1.165) is 38.5 Å². The number of ether oxygens (including phenoxy) is 1. The van der Waals surface area contributed by atoms with E-state index in [4.69, 9.17) is 16.3 Å². The molecule has 1 unspecified atom stereocenters. The molecule has 1 N–H and O–H groups in total. The number of rotatable bonds is 4. The van der Waals surface area contributed by atoms with Gasteiger partial charge in [0.25, 0.3) is 0 Å². The Bertz CT molecular complexity index is 442. The third-order valence-electron chi connectivity index (χ3n) is 4.13. The highest BCUT2D eigenvalue weighted by molar-refractivity contribution is 6.31. The predicted molar refractivity (Wildman–Crippen MR) is 78.4 cm³/mol. The summed E-state index contributed by atoms with van der Waals surface area (Å²) in [5.41, 5.74) is -0.204. The van der Waals surface area contributed by atoms with Crippen LogP contribution in [0.4, 0.5) is 4.39 Å². The molecular formula is C16H22ClFO2. The van der Waals surface area contributed by atoms with Gasteiger partial charge in [-0.1, -0.05) is 37.3 Å². The topological polar surface area (TPSA) is 29.5 Å². The van der Waals surface area contributed by atoms with Crippen molar-refractivity contribution in [3.8, 4) is 0 Å². The lowest BCUT2D eigenvalue weighted by atomic mass is 9.84. The van der Waals surface area contributed by atoms with Crippen molar-refractivity contribution >= 4 is 11.6 Å². The summed E-state index contributed by atoms with van der Waals surface area (Å²) >= 11 is 6.13.